The maximum absolute atomic E-state index is 13.4. The van der Waals surface area contributed by atoms with E-state index < -0.39 is 35.7 Å². The van der Waals surface area contributed by atoms with Crippen LogP contribution in [-0.4, -0.2) is 47.4 Å². The highest BCUT2D eigenvalue weighted by atomic mass is 16.5. The van der Waals surface area contributed by atoms with Crippen molar-refractivity contribution < 1.29 is 29.0 Å². The maximum atomic E-state index is 13.4. The molecular formula is C32H34N2O6. The Morgan fingerprint density at radius 2 is 1.50 bits per heavy atom. The Balaban J connectivity index is 1.29. The van der Waals surface area contributed by atoms with Crippen molar-refractivity contribution in [2.75, 3.05) is 6.61 Å². The van der Waals surface area contributed by atoms with E-state index in [0.29, 0.717) is 12.8 Å². The predicted octanol–water partition coefficient (Wildman–Crippen LogP) is 4.87. The summed E-state index contributed by atoms with van der Waals surface area (Å²) >= 11 is 0. The Morgan fingerprint density at radius 1 is 0.925 bits per heavy atom. The lowest BCUT2D eigenvalue weighted by atomic mass is 9.95. The molecule has 40 heavy (non-hydrogen) atoms. The molecule has 3 atom stereocenters. The van der Waals surface area contributed by atoms with Gasteiger partial charge in [-0.25, -0.2) is 9.59 Å². The van der Waals surface area contributed by atoms with Crippen LogP contribution in [0.1, 0.15) is 49.3 Å². The van der Waals surface area contributed by atoms with Gasteiger partial charge in [0.2, 0.25) is 5.91 Å². The van der Waals surface area contributed by atoms with Gasteiger partial charge in [0.25, 0.3) is 0 Å². The molecule has 0 saturated heterocycles. The van der Waals surface area contributed by atoms with Crippen LogP contribution in [0.5, 0.6) is 0 Å². The number of rotatable bonds is 11. The number of amides is 2. The van der Waals surface area contributed by atoms with Gasteiger partial charge in [0.1, 0.15) is 18.2 Å². The summed E-state index contributed by atoms with van der Waals surface area (Å²) in [6.07, 6.45) is -0.111. The third kappa shape index (κ3) is 5.72. The van der Waals surface area contributed by atoms with Crippen LogP contribution in [0.2, 0.25) is 0 Å². The summed E-state index contributed by atoms with van der Waals surface area (Å²) in [5, 5.41) is 15.2. The number of carbonyl (C=O) groups excluding carboxylic acids is 2. The highest BCUT2D eigenvalue weighted by Crippen LogP contribution is 2.44. The molecule has 0 spiro atoms. The lowest BCUT2D eigenvalue weighted by Gasteiger charge is -2.31. The number of nitrogens with one attached hydrogen (secondary N) is 2. The average Bonchev–Trinajstić information content (AvgIpc) is 3.77. The van der Waals surface area contributed by atoms with Crippen molar-refractivity contribution in [1.29, 1.82) is 0 Å². The Kier molecular flexibility index (Phi) is 7.89. The molecule has 8 heteroatoms. The summed E-state index contributed by atoms with van der Waals surface area (Å²) in [5.74, 6) is -2.04. The molecule has 3 aromatic rings. The molecule has 0 radical (unpaired) electrons. The number of hydrogen-bond donors (Lipinski definition) is 3. The van der Waals surface area contributed by atoms with E-state index in [2.05, 4.69) is 22.8 Å². The van der Waals surface area contributed by atoms with Gasteiger partial charge in [-0.15, -0.1) is 0 Å². The van der Waals surface area contributed by atoms with E-state index in [1.165, 1.54) is 6.92 Å². The lowest BCUT2D eigenvalue weighted by molar-refractivity contribution is -0.149. The number of hydrogen-bond acceptors (Lipinski definition) is 5. The Morgan fingerprint density at radius 3 is 2.08 bits per heavy atom. The van der Waals surface area contributed by atoms with Gasteiger partial charge in [-0.05, 0) is 60.4 Å². The Bertz CT molecular complexity index is 1340. The van der Waals surface area contributed by atoms with Crippen molar-refractivity contribution in [3.63, 3.8) is 0 Å². The van der Waals surface area contributed by atoms with E-state index in [1.807, 2.05) is 66.7 Å². The molecular weight excluding hydrogens is 508 g/mol. The third-order valence-corrected chi connectivity index (χ3v) is 7.95. The van der Waals surface area contributed by atoms with Crippen LogP contribution >= 0.6 is 0 Å². The number of ether oxygens (including phenoxy) is 2. The van der Waals surface area contributed by atoms with E-state index >= 15 is 0 Å². The van der Waals surface area contributed by atoms with Crippen LogP contribution in [-0.2, 0) is 25.7 Å². The molecule has 3 aromatic carbocycles. The molecule has 0 heterocycles. The van der Waals surface area contributed by atoms with Crippen molar-refractivity contribution in [1.82, 2.24) is 10.6 Å². The second-order valence-corrected chi connectivity index (χ2v) is 10.7. The highest BCUT2D eigenvalue weighted by molar-refractivity contribution is 5.92. The molecule has 0 bridgehead atoms. The van der Waals surface area contributed by atoms with Gasteiger partial charge in [-0.2, -0.15) is 0 Å². The first-order chi connectivity index (χ1) is 19.3. The van der Waals surface area contributed by atoms with Crippen LogP contribution in [0.15, 0.2) is 78.9 Å². The molecule has 8 nitrogen and oxygen atoms in total. The predicted molar refractivity (Wildman–Crippen MR) is 150 cm³/mol. The van der Waals surface area contributed by atoms with Crippen molar-refractivity contribution in [2.45, 2.75) is 56.9 Å². The standard InChI is InChI=1S/C32H34N2O6/c1-20(39-18-21-10-4-3-5-11-21)28(29(35)34-32(2,30(36)37)22-16-17-22)33-31(38)40-19-27-25-14-8-6-12-23(25)24-13-7-9-15-26(24)27/h3-15,20,22,27-28H,16-19H2,1-2H3,(H,33,38)(H,34,35)(H,36,37). The van der Waals surface area contributed by atoms with Crippen LogP contribution in [0.25, 0.3) is 11.1 Å². The zero-order valence-corrected chi connectivity index (χ0v) is 22.6. The Labute approximate surface area is 233 Å². The second kappa shape index (κ2) is 11.5. The number of fused-ring (bicyclic) bond motifs is 3. The topological polar surface area (TPSA) is 114 Å². The van der Waals surface area contributed by atoms with Gasteiger partial charge in [0.05, 0.1) is 12.7 Å². The quantitative estimate of drug-likeness (QED) is 0.319. The first-order valence-corrected chi connectivity index (χ1v) is 13.6. The van der Waals surface area contributed by atoms with Gasteiger partial charge in [-0.1, -0.05) is 78.9 Å². The molecule has 3 N–H and O–H groups in total. The summed E-state index contributed by atoms with van der Waals surface area (Å²) < 4.78 is 11.6. The highest BCUT2D eigenvalue weighted by Gasteiger charge is 2.49. The summed E-state index contributed by atoms with van der Waals surface area (Å²) in [4.78, 5) is 38.6. The molecule has 5 rings (SSSR count). The molecule has 2 aliphatic rings. The average molecular weight is 543 g/mol. The van der Waals surface area contributed by atoms with Gasteiger partial charge in [0, 0.05) is 5.92 Å². The number of carboxylic acids is 1. The molecule has 208 valence electrons. The fourth-order valence-electron chi connectivity index (χ4n) is 5.39. The first kappa shape index (κ1) is 27.4. The monoisotopic (exact) mass is 542 g/mol. The molecule has 0 aromatic heterocycles. The first-order valence-electron chi connectivity index (χ1n) is 13.6. The number of alkyl carbamates (subject to hydrolysis) is 1. The van der Waals surface area contributed by atoms with Crippen LogP contribution in [0, 0.1) is 5.92 Å². The number of aliphatic carboxylic acids is 1. The second-order valence-electron chi connectivity index (χ2n) is 10.7. The summed E-state index contributed by atoms with van der Waals surface area (Å²) in [5.41, 5.74) is 3.85. The fraction of sp³-hybridized carbons (Fsp3) is 0.344. The van der Waals surface area contributed by atoms with E-state index in [4.69, 9.17) is 9.47 Å². The maximum Gasteiger partial charge on any atom is 0.407 e. The largest absolute Gasteiger partial charge is 0.480 e. The minimum absolute atomic E-state index is 0.0857. The van der Waals surface area contributed by atoms with Crippen molar-refractivity contribution >= 4 is 18.0 Å². The van der Waals surface area contributed by atoms with E-state index in [-0.39, 0.29) is 25.0 Å². The van der Waals surface area contributed by atoms with Gasteiger partial charge in [0.15, 0.2) is 0 Å². The van der Waals surface area contributed by atoms with Gasteiger partial charge < -0.3 is 25.2 Å². The number of carboxylic acid groups (broad SMARTS) is 1. The molecule has 2 aliphatic carbocycles. The number of benzene rings is 3. The third-order valence-electron chi connectivity index (χ3n) is 7.95. The van der Waals surface area contributed by atoms with Gasteiger partial charge >= 0.3 is 12.1 Å². The van der Waals surface area contributed by atoms with Crippen LogP contribution in [0.4, 0.5) is 4.79 Å². The summed E-state index contributed by atoms with van der Waals surface area (Å²) in [6, 6.07) is 24.4. The van der Waals surface area contributed by atoms with Gasteiger partial charge in [-0.3, -0.25) is 4.79 Å². The SMILES string of the molecule is CC(OCc1ccccc1)C(NC(=O)OCC1c2ccccc2-c2ccccc21)C(=O)NC(C)(C(=O)O)C1CC1. The molecule has 1 saturated carbocycles. The minimum Gasteiger partial charge on any atom is -0.480 e. The van der Waals surface area contributed by atoms with Crippen LogP contribution in [0.3, 0.4) is 0 Å². The fourth-order valence-corrected chi connectivity index (χ4v) is 5.39. The molecule has 3 unspecified atom stereocenters. The minimum atomic E-state index is -1.43. The van der Waals surface area contributed by atoms with Crippen LogP contribution < -0.4 is 10.6 Å². The van der Waals surface area contributed by atoms with E-state index in [9.17, 15) is 19.5 Å². The Hall–Kier alpha value is -4.17. The normalized spacial score (nSPS) is 17.1. The lowest BCUT2D eigenvalue weighted by Crippen LogP contribution is -2.61. The van der Waals surface area contributed by atoms with E-state index in [1.54, 1.807) is 6.92 Å². The smallest absolute Gasteiger partial charge is 0.407 e. The summed E-state index contributed by atoms with van der Waals surface area (Å²) in [7, 11) is 0. The zero-order chi connectivity index (χ0) is 28.3. The number of carbonyl (C=O) groups is 3. The zero-order valence-electron chi connectivity index (χ0n) is 22.6. The van der Waals surface area contributed by atoms with Crippen molar-refractivity contribution in [2.24, 2.45) is 5.92 Å². The molecule has 0 aliphatic heterocycles. The van der Waals surface area contributed by atoms with E-state index in [0.717, 1.165) is 27.8 Å². The van der Waals surface area contributed by atoms with Crippen molar-refractivity contribution in [3.8, 4) is 11.1 Å². The van der Waals surface area contributed by atoms with Crippen molar-refractivity contribution in [3.05, 3.63) is 95.6 Å². The molecule has 2 amide bonds. The summed E-state index contributed by atoms with van der Waals surface area (Å²) in [6.45, 7) is 3.48. The molecule has 1 fully saturated rings.